The van der Waals surface area contributed by atoms with E-state index in [1.165, 1.54) is 26.8 Å². The summed E-state index contributed by atoms with van der Waals surface area (Å²) in [6.07, 6.45) is 3.15. The van der Waals surface area contributed by atoms with Gasteiger partial charge in [-0.05, 0) is 52.2 Å². The van der Waals surface area contributed by atoms with Gasteiger partial charge in [-0.15, -0.1) is 0 Å². The molecular formula is C30H30N2O7. The van der Waals surface area contributed by atoms with E-state index >= 15 is 0 Å². The van der Waals surface area contributed by atoms with Crippen molar-refractivity contribution in [2.45, 2.75) is 52.4 Å². The standard InChI is InChI=1S/C30H30N2O7/c1-15-26(36)24(17(3)33)28-25(27(15)37)30(4)21(39-28)14-20(34)23(29(30)38)16(2)31-12-11-22(35)32-13-7-9-18-8-5-6-10-19(18)32/h5-6,8,10,14,31,36-37H,7,9,11-13H2,1-4H3/t30-/m0/s1. The van der Waals surface area contributed by atoms with Gasteiger partial charge in [0.15, 0.2) is 17.3 Å². The summed E-state index contributed by atoms with van der Waals surface area (Å²) >= 11 is 0. The van der Waals surface area contributed by atoms with Gasteiger partial charge in [0.05, 0.1) is 11.1 Å². The van der Waals surface area contributed by atoms with Crippen molar-refractivity contribution in [2.75, 3.05) is 18.0 Å². The third-order valence-electron chi connectivity index (χ3n) is 7.90. The van der Waals surface area contributed by atoms with E-state index in [4.69, 9.17) is 4.74 Å². The molecule has 0 radical (unpaired) electrons. The van der Waals surface area contributed by atoms with Crippen LogP contribution in [0.4, 0.5) is 5.69 Å². The van der Waals surface area contributed by atoms with E-state index in [9.17, 15) is 29.4 Å². The zero-order valence-electron chi connectivity index (χ0n) is 22.3. The van der Waals surface area contributed by atoms with Gasteiger partial charge >= 0.3 is 0 Å². The van der Waals surface area contributed by atoms with E-state index < -0.39 is 28.5 Å². The van der Waals surface area contributed by atoms with Gasteiger partial charge in [0.2, 0.25) is 5.91 Å². The monoisotopic (exact) mass is 530 g/mol. The van der Waals surface area contributed by atoms with E-state index in [1.807, 2.05) is 24.3 Å². The lowest BCUT2D eigenvalue weighted by molar-refractivity contribution is -0.123. The number of phenolic OH excluding ortho intramolecular Hbond substituents is 2. The maximum Gasteiger partial charge on any atom is 0.228 e. The Morgan fingerprint density at radius 3 is 2.56 bits per heavy atom. The van der Waals surface area contributed by atoms with Crippen molar-refractivity contribution < 1.29 is 34.1 Å². The minimum absolute atomic E-state index is 0.0224. The summed E-state index contributed by atoms with van der Waals surface area (Å²) in [4.78, 5) is 54.1. The Morgan fingerprint density at radius 2 is 1.85 bits per heavy atom. The highest BCUT2D eigenvalue weighted by molar-refractivity contribution is 6.31. The Kier molecular flexibility index (Phi) is 6.33. The molecule has 9 nitrogen and oxygen atoms in total. The van der Waals surface area contributed by atoms with Crippen LogP contribution < -0.4 is 15.0 Å². The lowest BCUT2D eigenvalue weighted by Gasteiger charge is -2.30. The number of hydrogen-bond acceptors (Lipinski definition) is 8. The Hall–Kier alpha value is -4.40. The van der Waals surface area contributed by atoms with Crippen LogP contribution in [0.2, 0.25) is 0 Å². The summed E-state index contributed by atoms with van der Waals surface area (Å²) in [7, 11) is 0. The molecule has 202 valence electrons. The van der Waals surface area contributed by atoms with Gasteiger partial charge in [-0.2, -0.15) is 0 Å². The number of ketones is 3. The molecule has 0 saturated heterocycles. The summed E-state index contributed by atoms with van der Waals surface area (Å²) in [6.45, 7) is 6.63. The summed E-state index contributed by atoms with van der Waals surface area (Å²) in [6, 6.07) is 7.83. The molecular weight excluding hydrogens is 500 g/mol. The minimum atomic E-state index is -1.58. The molecule has 1 amide bonds. The van der Waals surface area contributed by atoms with E-state index in [0.29, 0.717) is 12.2 Å². The molecule has 2 aliphatic heterocycles. The van der Waals surface area contributed by atoms with Gasteiger partial charge in [0.25, 0.3) is 0 Å². The minimum Gasteiger partial charge on any atom is -0.507 e. The first-order chi connectivity index (χ1) is 18.5. The smallest absolute Gasteiger partial charge is 0.228 e. The van der Waals surface area contributed by atoms with Crippen LogP contribution in [0, 0.1) is 6.92 Å². The quantitative estimate of drug-likeness (QED) is 0.304. The third kappa shape index (κ3) is 3.91. The fraction of sp³-hybridized carbons (Fsp3) is 0.333. The lowest BCUT2D eigenvalue weighted by Crippen LogP contribution is -2.41. The van der Waals surface area contributed by atoms with Crippen molar-refractivity contribution in [2.24, 2.45) is 0 Å². The first kappa shape index (κ1) is 26.2. The lowest BCUT2D eigenvalue weighted by atomic mass is 9.70. The molecule has 39 heavy (non-hydrogen) atoms. The number of phenols is 2. The fourth-order valence-corrected chi connectivity index (χ4v) is 5.74. The zero-order chi connectivity index (χ0) is 28.2. The maximum absolute atomic E-state index is 13.9. The van der Waals surface area contributed by atoms with Gasteiger partial charge in [0.1, 0.15) is 34.0 Å². The third-order valence-corrected chi connectivity index (χ3v) is 7.90. The Balaban J connectivity index is 1.42. The summed E-state index contributed by atoms with van der Waals surface area (Å²) in [5.74, 6) is -2.73. The number of allylic oxidation sites excluding steroid dienone is 4. The Morgan fingerprint density at radius 1 is 1.13 bits per heavy atom. The molecule has 2 aromatic rings. The molecule has 3 N–H and O–H groups in total. The highest BCUT2D eigenvalue weighted by atomic mass is 16.5. The van der Waals surface area contributed by atoms with E-state index in [0.717, 1.165) is 24.1 Å². The first-order valence-corrected chi connectivity index (χ1v) is 12.9. The van der Waals surface area contributed by atoms with E-state index in [1.54, 1.807) is 11.8 Å². The molecule has 1 aliphatic carbocycles. The van der Waals surface area contributed by atoms with Crippen molar-refractivity contribution in [3.05, 3.63) is 69.6 Å². The van der Waals surface area contributed by atoms with Crippen LogP contribution in [-0.2, 0) is 26.2 Å². The van der Waals surface area contributed by atoms with Crippen LogP contribution in [0.3, 0.4) is 0 Å². The number of anilines is 1. The van der Waals surface area contributed by atoms with Crippen LogP contribution >= 0.6 is 0 Å². The number of aromatic hydroxyl groups is 2. The average Bonchev–Trinajstić information content (AvgIpc) is 3.19. The van der Waals surface area contributed by atoms with Gasteiger partial charge in [0, 0.05) is 42.5 Å². The highest BCUT2D eigenvalue weighted by Crippen LogP contribution is 2.57. The molecule has 2 heterocycles. The van der Waals surface area contributed by atoms with Crippen molar-refractivity contribution >= 4 is 28.9 Å². The largest absolute Gasteiger partial charge is 0.507 e. The second-order valence-corrected chi connectivity index (χ2v) is 10.3. The number of ether oxygens (including phenoxy) is 1. The van der Waals surface area contributed by atoms with Crippen LogP contribution in [0.15, 0.2) is 47.4 Å². The molecule has 2 aromatic carbocycles. The molecule has 0 spiro atoms. The number of rotatable bonds is 5. The molecule has 1 atom stereocenters. The number of aryl methyl sites for hydroxylation is 1. The SMILES string of the molecule is CC(=O)c1c(O)c(C)c(O)c2c1OC1=CC(=O)C(=C(C)NCCC(=O)N3CCCc4ccccc43)C(=O)[C@@]12C. The van der Waals surface area contributed by atoms with Crippen molar-refractivity contribution in [3.63, 3.8) is 0 Å². The van der Waals surface area contributed by atoms with Crippen molar-refractivity contribution in [3.8, 4) is 17.2 Å². The van der Waals surface area contributed by atoms with Crippen LogP contribution in [0.5, 0.6) is 17.2 Å². The molecule has 0 aromatic heterocycles. The highest BCUT2D eigenvalue weighted by Gasteiger charge is 2.56. The van der Waals surface area contributed by atoms with Crippen LogP contribution in [0.25, 0.3) is 0 Å². The van der Waals surface area contributed by atoms with Gasteiger partial charge in [-0.25, -0.2) is 0 Å². The average molecular weight is 531 g/mol. The first-order valence-electron chi connectivity index (χ1n) is 12.9. The number of nitrogens with one attached hydrogen (secondary N) is 1. The number of Topliss-reactive ketones (excluding diaryl/α,β-unsaturated/α-hetero) is 2. The fourth-order valence-electron chi connectivity index (χ4n) is 5.74. The molecule has 0 bridgehead atoms. The topological polar surface area (TPSA) is 133 Å². The molecule has 9 heteroatoms. The number of hydrogen-bond donors (Lipinski definition) is 3. The molecule has 0 saturated carbocycles. The van der Waals surface area contributed by atoms with Gasteiger partial charge in [-0.3, -0.25) is 19.2 Å². The number of fused-ring (bicyclic) bond motifs is 4. The summed E-state index contributed by atoms with van der Waals surface area (Å²) < 4.78 is 5.79. The summed E-state index contributed by atoms with van der Waals surface area (Å²) in [5.41, 5.74) is 0.557. The number of benzene rings is 2. The molecule has 0 unspecified atom stereocenters. The predicted molar refractivity (Wildman–Crippen MR) is 143 cm³/mol. The molecule has 5 rings (SSSR count). The maximum atomic E-state index is 13.9. The number of carbonyl (C=O) groups is 4. The number of nitrogens with zero attached hydrogens (tertiary/aromatic N) is 1. The number of amides is 1. The second kappa shape index (κ2) is 9.41. The van der Waals surface area contributed by atoms with E-state index in [-0.39, 0.29) is 58.4 Å². The van der Waals surface area contributed by atoms with Crippen LogP contribution in [-0.4, -0.2) is 46.6 Å². The van der Waals surface area contributed by atoms with Gasteiger partial charge < -0.3 is 25.2 Å². The molecule has 3 aliphatic rings. The van der Waals surface area contributed by atoms with Gasteiger partial charge in [-0.1, -0.05) is 18.2 Å². The number of para-hydroxylation sites is 1. The van der Waals surface area contributed by atoms with Crippen LogP contribution in [0.1, 0.15) is 60.7 Å². The Bertz CT molecular complexity index is 1530. The number of carbonyl (C=O) groups excluding carboxylic acids is 4. The van der Waals surface area contributed by atoms with Crippen molar-refractivity contribution in [1.29, 1.82) is 0 Å². The summed E-state index contributed by atoms with van der Waals surface area (Å²) in [5, 5.41) is 24.5. The van der Waals surface area contributed by atoms with E-state index in [2.05, 4.69) is 5.32 Å². The normalized spacial score (nSPS) is 20.9. The second-order valence-electron chi connectivity index (χ2n) is 10.3. The van der Waals surface area contributed by atoms with Crippen molar-refractivity contribution in [1.82, 2.24) is 5.32 Å². The predicted octanol–water partition coefficient (Wildman–Crippen LogP) is 3.53. The Labute approximate surface area is 225 Å². The zero-order valence-corrected chi connectivity index (χ0v) is 22.3. The molecule has 0 fully saturated rings.